The Labute approximate surface area is 175 Å². The number of aryl methyl sites for hydroxylation is 2. The summed E-state index contributed by atoms with van der Waals surface area (Å²) in [7, 11) is 3.57. The van der Waals surface area contributed by atoms with Crippen molar-refractivity contribution in [3.63, 3.8) is 0 Å². The average molecular weight is 421 g/mol. The number of halogens is 1. The van der Waals surface area contributed by atoms with Crippen LogP contribution in [-0.2, 0) is 14.1 Å². The third-order valence-electron chi connectivity index (χ3n) is 5.12. The molecule has 3 aromatic heterocycles. The van der Waals surface area contributed by atoms with E-state index in [9.17, 15) is 4.79 Å². The molecular formula is C22H17ClN4OS. The van der Waals surface area contributed by atoms with E-state index < -0.39 is 0 Å². The number of nitrogens with zero attached hydrogens (tertiary/aromatic N) is 3. The van der Waals surface area contributed by atoms with Crippen molar-refractivity contribution in [1.82, 2.24) is 19.1 Å². The van der Waals surface area contributed by atoms with E-state index in [0.29, 0.717) is 5.02 Å². The van der Waals surface area contributed by atoms with Crippen molar-refractivity contribution < 1.29 is 0 Å². The number of rotatable bonds is 3. The van der Waals surface area contributed by atoms with Gasteiger partial charge in [-0.2, -0.15) is 0 Å². The van der Waals surface area contributed by atoms with Gasteiger partial charge in [-0.3, -0.25) is 9.13 Å². The minimum atomic E-state index is -0.0453. The summed E-state index contributed by atoms with van der Waals surface area (Å²) in [5.74, 6) is 0.812. The van der Waals surface area contributed by atoms with Gasteiger partial charge in [-0.1, -0.05) is 35.9 Å². The lowest BCUT2D eigenvalue weighted by atomic mass is 10.0. The molecule has 0 spiro atoms. The van der Waals surface area contributed by atoms with Gasteiger partial charge in [0, 0.05) is 30.2 Å². The number of H-pyrrole nitrogens is 1. The molecule has 0 aliphatic heterocycles. The minimum Gasteiger partial charge on any atom is -0.337 e. The molecule has 5 aromatic rings. The number of hydrogen-bond acceptors (Lipinski definition) is 3. The van der Waals surface area contributed by atoms with Crippen molar-refractivity contribution in [2.45, 2.75) is 0 Å². The smallest absolute Gasteiger partial charge is 0.328 e. The summed E-state index contributed by atoms with van der Waals surface area (Å²) < 4.78 is 3.31. The van der Waals surface area contributed by atoms with Gasteiger partial charge in [-0.15, -0.1) is 11.3 Å². The Kier molecular flexibility index (Phi) is 4.19. The molecule has 0 unspecified atom stereocenters. The predicted molar refractivity (Wildman–Crippen MR) is 120 cm³/mol. The van der Waals surface area contributed by atoms with Crippen molar-refractivity contribution in [2.24, 2.45) is 14.1 Å². The molecule has 0 atom stereocenters. The van der Waals surface area contributed by atoms with Crippen LogP contribution in [0, 0.1) is 0 Å². The van der Waals surface area contributed by atoms with Crippen LogP contribution in [0.4, 0.5) is 0 Å². The fraction of sp³-hybridized carbons (Fsp3) is 0.0909. The molecule has 0 amide bonds. The molecule has 0 fully saturated rings. The van der Waals surface area contributed by atoms with Crippen molar-refractivity contribution in [3.8, 4) is 33.2 Å². The lowest BCUT2D eigenvalue weighted by Crippen LogP contribution is -2.19. The second-order valence-electron chi connectivity index (χ2n) is 6.90. The van der Waals surface area contributed by atoms with Crippen molar-refractivity contribution in [1.29, 1.82) is 0 Å². The SMILES string of the molecule is Cn1c(=O)n(C)c2cc(-c3[nH]c(-c4cccs4)nc3-c3cccc(Cl)c3)ccc21. The predicted octanol–water partition coefficient (Wildman–Crippen LogP) is 5.32. The Balaban J connectivity index is 1.76. The standard InChI is InChI=1S/C22H17ClN4OS/c1-26-16-9-8-14(12-17(16)27(2)22(26)28)20-19(13-5-3-6-15(23)11-13)24-21(25-20)18-7-4-10-29-18/h3-12H,1-2H3,(H,24,25). The summed E-state index contributed by atoms with van der Waals surface area (Å²) in [6.45, 7) is 0. The second kappa shape index (κ2) is 6.76. The first-order valence-electron chi connectivity index (χ1n) is 9.08. The maximum Gasteiger partial charge on any atom is 0.328 e. The van der Waals surface area contributed by atoms with Gasteiger partial charge in [0.25, 0.3) is 0 Å². The molecule has 5 nitrogen and oxygen atoms in total. The molecule has 5 rings (SSSR count). The second-order valence-corrected chi connectivity index (χ2v) is 8.28. The van der Waals surface area contributed by atoms with Crippen LogP contribution in [0.25, 0.3) is 44.2 Å². The normalized spacial score (nSPS) is 11.4. The molecule has 7 heteroatoms. The zero-order valence-corrected chi connectivity index (χ0v) is 17.4. The molecule has 29 heavy (non-hydrogen) atoms. The minimum absolute atomic E-state index is 0.0453. The van der Waals surface area contributed by atoms with Crippen molar-refractivity contribution >= 4 is 34.0 Å². The zero-order chi connectivity index (χ0) is 20.1. The third kappa shape index (κ3) is 2.92. The third-order valence-corrected chi connectivity index (χ3v) is 6.23. The van der Waals surface area contributed by atoms with Crippen LogP contribution in [0.1, 0.15) is 0 Å². The number of fused-ring (bicyclic) bond motifs is 1. The lowest BCUT2D eigenvalue weighted by Gasteiger charge is -2.05. The molecule has 0 aliphatic carbocycles. The summed E-state index contributed by atoms with van der Waals surface area (Å²) in [4.78, 5) is 21.8. The van der Waals surface area contributed by atoms with Crippen molar-refractivity contribution in [3.05, 3.63) is 75.5 Å². The highest BCUT2D eigenvalue weighted by molar-refractivity contribution is 7.13. The number of thiophene rings is 1. The van der Waals surface area contributed by atoms with Gasteiger partial charge in [0.15, 0.2) is 0 Å². The molecule has 0 saturated carbocycles. The average Bonchev–Trinajstić information content (AvgIpc) is 3.45. The molecule has 0 aliphatic rings. The number of aromatic amines is 1. The van der Waals surface area contributed by atoms with Gasteiger partial charge in [-0.05, 0) is 35.7 Å². The summed E-state index contributed by atoms with van der Waals surface area (Å²) in [5.41, 5.74) is 5.35. The van der Waals surface area contributed by atoms with E-state index >= 15 is 0 Å². The van der Waals surface area contributed by atoms with Crippen LogP contribution >= 0.6 is 22.9 Å². The molecule has 1 N–H and O–H groups in total. The van der Waals surface area contributed by atoms with Gasteiger partial charge in [0.05, 0.1) is 27.3 Å². The van der Waals surface area contributed by atoms with E-state index in [1.165, 1.54) is 0 Å². The summed E-state index contributed by atoms with van der Waals surface area (Å²) in [6, 6.07) is 17.7. The maximum absolute atomic E-state index is 12.3. The molecule has 0 saturated heterocycles. The van der Waals surface area contributed by atoms with Gasteiger partial charge >= 0.3 is 5.69 Å². The Morgan fingerprint density at radius 3 is 2.55 bits per heavy atom. The van der Waals surface area contributed by atoms with E-state index in [1.807, 2.05) is 60.0 Å². The van der Waals surface area contributed by atoms with E-state index in [1.54, 1.807) is 34.6 Å². The first-order valence-corrected chi connectivity index (χ1v) is 10.3. The fourth-order valence-corrected chi connectivity index (χ4v) is 4.48. The van der Waals surface area contributed by atoms with Crippen LogP contribution in [0.15, 0.2) is 64.8 Å². The number of hydrogen-bond donors (Lipinski definition) is 1. The lowest BCUT2D eigenvalue weighted by molar-refractivity contribution is 0.795. The highest BCUT2D eigenvalue weighted by atomic mass is 35.5. The highest BCUT2D eigenvalue weighted by Crippen LogP contribution is 2.36. The first-order chi connectivity index (χ1) is 14.0. The van der Waals surface area contributed by atoms with E-state index in [4.69, 9.17) is 16.6 Å². The number of aromatic nitrogens is 4. The Morgan fingerprint density at radius 2 is 1.79 bits per heavy atom. The summed E-state index contributed by atoms with van der Waals surface area (Å²) in [5, 5.41) is 2.69. The molecule has 3 heterocycles. The maximum atomic E-state index is 12.3. The molecule has 2 aromatic carbocycles. The molecule has 0 radical (unpaired) electrons. The van der Waals surface area contributed by atoms with E-state index in [-0.39, 0.29) is 5.69 Å². The number of imidazole rings is 2. The number of benzene rings is 2. The van der Waals surface area contributed by atoms with Crippen LogP contribution in [-0.4, -0.2) is 19.1 Å². The Morgan fingerprint density at radius 1 is 0.966 bits per heavy atom. The molecule has 144 valence electrons. The van der Waals surface area contributed by atoms with Crippen LogP contribution in [0.3, 0.4) is 0 Å². The fourth-order valence-electron chi connectivity index (χ4n) is 3.62. The topological polar surface area (TPSA) is 55.6 Å². The summed E-state index contributed by atoms with van der Waals surface area (Å²) >= 11 is 7.88. The first kappa shape index (κ1) is 18.0. The van der Waals surface area contributed by atoms with Gasteiger partial charge in [0.1, 0.15) is 5.82 Å². The van der Waals surface area contributed by atoms with Gasteiger partial charge < -0.3 is 4.98 Å². The largest absolute Gasteiger partial charge is 0.337 e. The Hall–Kier alpha value is -3.09. The van der Waals surface area contributed by atoms with E-state index in [0.717, 1.165) is 44.2 Å². The zero-order valence-electron chi connectivity index (χ0n) is 15.8. The monoisotopic (exact) mass is 420 g/mol. The summed E-state index contributed by atoms with van der Waals surface area (Å²) in [6.07, 6.45) is 0. The van der Waals surface area contributed by atoms with Crippen LogP contribution in [0.5, 0.6) is 0 Å². The molecular weight excluding hydrogens is 404 g/mol. The van der Waals surface area contributed by atoms with Gasteiger partial charge in [0.2, 0.25) is 0 Å². The highest BCUT2D eigenvalue weighted by Gasteiger charge is 2.18. The van der Waals surface area contributed by atoms with Gasteiger partial charge in [-0.25, -0.2) is 9.78 Å². The quantitative estimate of drug-likeness (QED) is 0.429. The Bertz CT molecular complexity index is 1410. The van der Waals surface area contributed by atoms with Crippen LogP contribution < -0.4 is 5.69 Å². The number of nitrogens with one attached hydrogen (secondary N) is 1. The van der Waals surface area contributed by atoms with Crippen LogP contribution in [0.2, 0.25) is 5.02 Å². The van der Waals surface area contributed by atoms with Crippen molar-refractivity contribution in [2.75, 3.05) is 0 Å². The van der Waals surface area contributed by atoms with E-state index in [2.05, 4.69) is 4.98 Å². The molecule has 0 bridgehead atoms.